The summed E-state index contributed by atoms with van der Waals surface area (Å²) in [5.74, 6) is -1.66. The highest BCUT2D eigenvalue weighted by Gasteiger charge is 2.43. The molecule has 0 bridgehead atoms. The highest BCUT2D eigenvalue weighted by molar-refractivity contribution is 6.30. The summed E-state index contributed by atoms with van der Waals surface area (Å²) < 4.78 is 5.61. The van der Waals surface area contributed by atoms with Gasteiger partial charge in [-0.1, -0.05) is 23.7 Å². The van der Waals surface area contributed by atoms with Gasteiger partial charge in [0.2, 0.25) is 5.91 Å². The molecule has 1 aliphatic heterocycles. The number of rotatable bonds is 8. The largest absolute Gasteiger partial charge is 0.480 e. The second-order valence-corrected chi connectivity index (χ2v) is 7.37. The van der Waals surface area contributed by atoms with Gasteiger partial charge in [0.05, 0.1) is 18.7 Å². The molecule has 1 aromatic rings. The molecule has 1 aliphatic rings. The topological polar surface area (TPSA) is 193 Å². The Morgan fingerprint density at radius 3 is 2.45 bits per heavy atom. The highest BCUT2D eigenvalue weighted by Crippen LogP contribution is 2.25. The molecule has 0 spiro atoms. The predicted octanol–water partition coefficient (Wildman–Crippen LogP) is -1.90. The molecular formula is C19H26ClN5O6. The number of aliphatic hydroxyl groups excluding tert-OH is 3. The number of ether oxygens (including phenoxy) is 1. The maximum Gasteiger partial charge on any atom is 0.286 e. The zero-order chi connectivity index (χ0) is 23.1. The summed E-state index contributed by atoms with van der Waals surface area (Å²) in [6, 6.07) is 4.81. The second-order valence-electron chi connectivity index (χ2n) is 6.93. The smallest absolute Gasteiger partial charge is 0.286 e. The molecule has 2 amide bonds. The lowest BCUT2D eigenvalue weighted by Gasteiger charge is -2.39. The molecule has 0 unspecified atom stereocenters. The number of nitrogens with one attached hydrogen (secondary N) is 2. The standard InChI is InChI=1S/C19H26ClN5O6/c1-9(27)24-15-12(25-19(21)22)6-14(31-17(15)16(29)13(28)8-26)18(30)23-7-10-2-4-11(20)5-3-10/h2-6,12-13,15-17,26,28-29H,7-8H2,1H3,(H,23,30)(H,24,27)(H4,21,22,25)/t12-,13+,15+,16+,17+/m0/s1. The first-order valence-corrected chi connectivity index (χ1v) is 9.74. The number of guanidine groups is 1. The Kier molecular flexibility index (Phi) is 8.63. The van der Waals surface area contributed by atoms with Gasteiger partial charge in [0, 0.05) is 18.5 Å². The quantitative estimate of drug-likeness (QED) is 0.174. The van der Waals surface area contributed by atoms with Gasteiger partial charge in [0.25, 0.3) is 5.91 Å². The van der Waals surface area contributed by atoms with Crippen LogP contribution in [0.1, 0.15) is 12.5 Å². The maximum atomic E-state index is 12.7. The number of hydrogen-bond donors (Lipinski definition) is 7. The van der Waals surface area contributed by atoms with Crippen LogP contribution in [0.25, 0.3) is 0 Å². The monoisotopic (exact) mass is 455 g/mol. The number of hydrogen-bond acceptors (Lipinski definition) is 7. The van der Waals surface area contributed by atoms with Crippen LogP contribution in [0.5, 0.6) is 0 Å². The molecule has 31 heavy (non-hydrogen) atoms. The molecule has 1 aromatic carbocycles. The Bertz CT molecular complexity index is 843. The minimum Gasteiger partial charge on any atom is -0.480 e. The van der Waals surface area contributed by atoms with Crippen molar-refractivity contribution in [3.05, 3.63) is 46.7 Å². The molecule has 1 heterocycles. The van der Waals surface area contributed by atoms with Gasteiger partial charge in [-0.05, 0) is 23.8 Å². The number of nitrogens with zero attached hydrogens (tertiary/aromatic N) is 1. The van der Waals surface area contributed by atoms with Crippen LogP contribution >= 0.6 is 11.6 Å². The molecule has 0 fully saturated rings. The van der Waals surface area contributed by atoms with Crippen molar-refractivity contribution in [2.24, 2.45) is 16.5 Å². The summed E-state index contributed by atoms with van der Waals surface area (Å²) in [6.45, 7) is 0.615. The Hall–Kier alpha value is -2.86. The van der Waals surface area contributed by atoms with Crippen LogP contribution in [0.2, 0.25) is 5.02 Å². The SMILES string of the molecule is CC(=O)N[C@H]1[C@H]([C@H](O)[C@H](O)CO)OC(C(=O)NCc2ccc(Cl)cc2)=C[C@@H]1N=C(N)N. The summed E-state index contributed by atoms with van der Waals surface area (Å²) in [6.07, 6.45) is -3.30. The lowest BCUT2D eigenvalue weighted by Crippen LogP contribution is -2.60. The normalized spacial score (nSPS) is 22.4. The van der Waals surface area contributed by atoms with Gasteiger partial charge in [0.15, 0.2) is 11.7 Å². The van der Waals surface area contributed by atoms with E-state index in [1.54, 1.807) is 24.3 Å². The number of nitrogens with two attached hydrogens (primary N) is 2. The lowest BCUT2D eigenvalue weighted by atomic mass is 9.92. The summed E-state index contributed by atoms with van der Waals surface area (Å²) in [7, 11) is 0. The average molecular weight is 456 g/mol. The first-order chi connectivity index (χ1) is 14.6. The van der Waals surface area contributed by atoms with Gasteiger partial charge < -0.3 is 42.2 Å². The van der Waals surface area contributed by atoms with Crippen molar-refractivity contribution in [2.75, 3.05) is 6.61 Å². The number of aliphatic imine (C=N–C) groups is 1. The average Bonchev–Trinajstić information content (AvgIpc) is 2.72. The van der Waals surface area contributed by atoms with E-state index >= 15 is 0 Å². The van der Waals surface area contributed by atoms with Gasteiger partial charge in [-0.2, -0.15) is 0 Å². The Morgan fingerprint density at radius 1 is 1.26 bits per heavy atom. The van der Waals surface area contributed by atoms with E-state index in [-0.39, 0.29) is 18.3 Å². The van der Waals surface area contributed by atoms with Crippen LogP contribution in [0.15, 0.2) is 41.1 Å². The van der Waals surface area contributed by atoms with Gasteiger partial charge in [-0.25, -0.2) is 4.99 Å². The Labute approximate surface area is 183 Å². The first-order valence-electron chi connectivity index (χ1n) is 9.36. The van der Waals surface area contributed by atoms with Crippen LogP contribution in [-0.4, -0.2) is 70.1 Å². The van der Waals surface area contributed by atoms with E-state index in [9.17, 15) is 24.9 Å². The number of amides is 2. The summed E-state index contributed by atoms with van der Waals surface area (Å²) >= 11 is 5.85. The van der Waals surface area contributed by atoms with E-state index in [0.717, 1.165) is 5.56 Å². The molecule has 0 aromatic heterocycles. The molecule has 12 heteroatoms. The highest BCUT2D eigenvalue weighted by atomic mass is 35.5. The van der Waals surface area contributed by atoms with Crippen molar-refractivity contribution in [1.29, 1.82) is 0 Å². The molecule has 0 radical (unpaired) electrons. The molecule has 11 nitrogen and oxygen atoms in total. The number of carbonyl (C=O) groups excluding carboxylic acids is 2. The van der Waals surface area contributed by atoms with E-state index < -0.39 is 48.8 Å². The minimum absolute atomic E-state index is 0.158. The van der Waals surface area contributed by atoms with Crippen LogP contribution in [-0.2, 0) is 20.9 Å². The number of halogens is 1. The first kappa shape index (κ1) is 24.4. The third-order valence-corrected chi connectivity index (χ3v) is 4.74. The third kappa shape index (κ3) is 6.82. The van der Waals surface area contributed by atoms with Gasteiger partial charge >= 0.3 is 0 Å². The fraction of sp³-hybridized carbons (Fsp3) is 0.421. The van der Waals surface area contributed by atoms with Gasteiger partial charge in [-0.15, -0.1) is 0 Å². The van der Waals surface area contributed by atoms with Gasteiger partial charge in [-0.3, -0.25) is 9.59 Å². The molecule has 170 valence electrons. The number of aliphatic hydroxyl groups is 3. The lowest BCUT2D eigenvalue weighted by molar-refractivity contribution is -0.134. The van der Waals surface area contributed by atoms with Crippen LogP contribution in [0, 0.1) is 0 Å². The van der Waals surface area contributed by atoms with Crippen molar-refractivity contribution in [1.82, 2.24) is 10.6 Å². The van der Waals surface area contributed by atoms with E-state index in [4.69, 9.17) is 27.8 Å². The van der Waals surface area contributed by atoms with Crippen molar-refractivity contribution in [3.63, 3.8) is 0 Å². The fourth-order valence-electron chi connectivity index (χ4n) is 3.01. The number of carbonyl (C=O) groups is 2. The van der Waals surface area contributed by atoms with Crippen LogP contribution in [0.3, 0.4) is 0 Å². The molecule has 0 saturated carbocycles. The van der Waals surface area contributed by atoms with E-state index in [2.05, 4.69) is 15.6 Å². The zero-order valence-electron chi connectivity index (χ0n) is 16.7. The molecular weight excluding hydrogens is 430 g/mol. The number of benzene rings is 1. The molecule has 9 N–H and O–H groups in total. The predicted molar refractivity (Wildman–Crippen MR) is 113 cm³/mol. The van der Waals surface area contributed by atoms with Crippen molar-refractivity contribution < 1.29 is 29.6 Å². The third-order valence-electron chi connectivity index (χ3n) is 4.48. The van der Waals surface area contributed by atoms with Crippen LogP contribution < -0.4 is 22.1 Å². The molecule has 5 atom stereocenters. The fourth-order valence-corrected chi connectivity index (χ4v) is 3.14. The molecule has 2 rings (SSSR count). The summed E-state index contributed by atoms with van der Waals surface area (Å²) in [5, 5.41) is 35.3. The summed E-state index contributed by atoms with van der Waals surface area (Å²) in [4.78, 5) is 28.4. The Morgan fingerprint density at radius 2 is 1.90 bits per heavy atom. The van der Waals surface area contributed by atoms with E-state index in [0.29, 0.717) is 5.02 Å². The van der Waals surface area contributed by atoms with E-state index in [1.165, 1.54) is 13.0 Å². The van der Waals surface area contributed by atoms with Gasteiger partial charge in [0.1, 0.15) is 18.3 Å². The van der Waals surface area contributed by atoms with Crippen molar-refractivity contribution in [2.45, 2.75) is 43.9 Å². The van der Waals surface area contributed by atoms with E-state index in [1.807, 2.05) is 0 Å². The molecule has 0 saturated heterocycles. The van der Waals surface area contributed by atoms with Crippen molar-refractivity contribution >= 4 is 29.4 Å². The van der Waals surface area contributed by atoms with Crippen molar-refractivity contribution in [3.8, 4) is 0 Å². The maximum absolute atomic E-state index is 12.7. The molecule has 0 aliphatic carbocycles. The zero-order valence-corrected chi connectivity index (χ0v) is 17.5. The van der Waals surface area contributed by atoms with Crippen LogP contribution in [0.4, 0.5) is 0 Å². The minimum atomic E-state index is -1.66. The Balaban J connectivity index is 2.30. The second kappa shape index (κ2) is 11.0. The summed E-state index contributed by atoms with van der Waals surface area (Å²) in [5.41, 5.74) is 11.7.